The predicted octanol–water partition coefficient (Wildman–Crippen LogP) is 3.23. The molecule has 0 saturated carbocycles. The first-order chi connectivity index (χ1) is 7.24. The van der Waals surface area contributed by atoms with Crippen molar-refractivity contribution >= 4 is 17.7 Å². The highest BCUT2D eigenvalue weighted by molar-refractivity contribution is 6.31. The molecule has 4 heteroatoms. The largest absolute Gasteiger partial charge is 0.501 e. The zero-order valence-corrected chi connectivity index (χ0v) is 9.79. The van der Waals surface area contributed by atoms with Crippen LogP contribution in [0, 0.1) is 6.92 Å². The van der Waals surface area contributed by atoms with Crippen LogP contribution in [0.4, 0.5) is 0 Å². The van der Waals surface area contributed by atoms with Gasteiger partial charge < -0.3 is 4.74 Å². The third kappa shape index (κ3) is 4.30. The fourth-order valence-electron chi connectivity index (χ4n) is 0.998. The second-order valence-corrected chi connectivity index (χ2v) is 3.58. The molecule has 82 valence electrons. The van der Waals surface area contributed by atoms with E-state index in [0.29, 0.717) is 16.5 Å². The van der Waals surface area contributed by atoms with Crippen molar-refractivity contribution in [1.29, 1.82) is 0 Å². The van der Waals surface area contributed by atoms with Gasteiger partial charge in [-0.15, -0.1) is 0 Å². The van der Waals surface area contributed by atoms with Crippen molar-refractivity contribution < 1.29 is 4.74 Å². The Labute approximate surface area is 95.2 Å². The Morgan fingerprint density at radius 3 is 3.07 bits per heavy atom. The summed E-state index contributed by atoms with van der Waals surface area (Å²) in [6.07, 6.45) is 7.16. The quantitative estimate of drug-likeness (QED) is 0.571. The van der Waals surface area contributed by atoms with E-state index in [1.165, 1.54) is 0 Å². The lowest BCUT2D eigenvalue weighted by atomic mass is 10.3. The van der Waals surface area contributed by atoms with Crippen LogP contribution in [0.25, 0.3) is 6.08 Å². The summed E-state index contributed by atoms with van der Waals surface area (Å²) in [4.78, 5) is 8.16. The first-order valence-electron chi connectivity index (χ1n) is 5.01. The minimum absolute atomic E-state index is 0.538. The molecule has 0 atom stereocenters. The molecular weight excluding hydrogens is 212 g/mol. The van der Waals surface area contributed by atoms with Gasteiger partial charge in [0.25, 0.3) is 0 Å². The number of aryl methyl sites for hydroxylation is 1. The molecule has 0 radical (unpaired) electrons. The number of nitrogens with zero attached hydrogens (tertiary/aromatic N) is 2. The molecule has 1 aromatic rings. The second-order valence-electron chi connectivity index (χ2n) is 3.18. The average molecular weight is 227 g/mol. The van der Waals surface area contributed by atoms with Crippen LogP contribution in [-0.2, 0) is 4.74 Å². The van der Waals surface area contributed by atoms with Gasteiger partial charge in [0.2, 0.25) is 0 Å². The number of aromatic nitrogens is 2. The van der Waals surface area contributed by atoms with Crippen LogP contribution in [0.15, 0.2) is 12.5 Å². The fourth-order valence-corrected chi connectivity index (χ4v) is 1.15. The molecule has 1 heterocycles. The van der Waals surface area contributed by atoms with Crippen LogP contribution in [0.5, 0.6) is 0 Å². The summed E-state index contributed by atoms with van der Waals surface area (Å²) in [5.74, 6) is 0.701. The van der Waals surface area contributed by atoms with Gasteiger partial charge in [-0.2, -0.15) is 0 Å². The lowest BCUT2D eigenvalue weighted by Gasteiger charge is -1.99. The van der Waals surface area contributed by atoms with Gasteiger partial charge in [-0.25, -0.2) is 9.97 Å². The normalized spacial score (nSPS) is 10.9. The Balaban J connectivity index is 2.52. The van der Waals surface area contributed by atoms with E-state index in [9.17, 15) is 0 Å². The average Bonchev–Trinajstić information content (AvgIpc) is 2.23. The van der Waals surface area contributed by atoms with Crippen molar-refractivity contribution in [1.82, 2.24) is 9.97 Å². The standard InChI is InChI=1S/C11H15ClN2O/c1-3-4-6-15-7-5-11-10(12)8-13-9(2)14-11/h5,7-8H,3-4,6H2,1-2H3/b7-5+. The van der Waals surface area contributed by atoms with E-state index >= 15 is 0 Å². The van der Waals surface area contributed by atoms with E-state index in [0.717, 1.165) is 19.4 Å². The van der Waals surface area contributed by atoms with E-state index < -0.39 is 0 Å². The summed E-state index contributed by atoms with van der Waals surface area (Å²) in [5.41, 5.74) is 0.695. The van der Waals surface area contributed by atoms with Crippen molar-refractivity contribution in [3.05, 3.63) is 29.0 Å². The number of unbranched alkanes of at least 4 members (excludes halogenated alkanes) is 1. The monoisotopic (exact) mass is 226 g/mol. The lowest BCUT2D eigenvalue weighted by molar-refractivity contribution is 0.246. The van der Waals surface area contributed by atoms with Crippen LogP contribution >= 0.6 is 11.6 Å². The van der Waals surface area contributed by atoms with E-state index in [1.807, 2.05) is 6.92 Å². The SMILES string of the molecule is CCCCO/C=C/c1nc(C)ncc1Cl. The van der Waals surface area contributed by atoms with Crippen molar-refractivity contribution in [3.63, 3.8) is 0 Å². The van der Waals surface area contributed by atoms with Gasteiger partial charge in [0.05, 0.1) is 23.6 Å². The smallest absolute Gasteiger partial charge is 0.125 e. The fraction of sp³-hybridized carbons (Fsp3) is 0.455. The van der Waals surface area contributed by atoms with Gasteiger partial charge in [-0.3, -0.25) is 0 Å². The molecule has 15 heavy (non-hydrogen) atoms. The van der Waals surface area contributed by atoms with Crippen LogP contribution < -0.4 is 0 Å². The summed E-state index contributed by atoms with van der Waals surface area (Å²) in [7, 11) is 0. The molecule has 0 aliphatic rings. The highest BCUT2D eigenvalue weighted by Gasteiger charge is 1.98. The molecule has 0 aromatic carbocycles. The maximum atomic E-state index is 5.90. The first kappa shape index (κ1) is 12.0. The van der Waals surface area contributed by atoms with Crippen LogP contribution in [0.2, 0.25) is 5.02 Å². The molecule has 0 unspecified atom stereocenters. The van der Waals surface area contributed by atoms with Gasteiger partial charge in [0, 0.05) is 6.20 Å². The van der Waals surface area contributed by atoms with Crippen molar-refractivity contribution in [2.45, 2.75) is 26.7 Å². The zero-order valence-electron chi connectivity index (χ0n) is 9.03. The molecule has 3 nitrogen and oxygen atoms in total. The van der Waals surface area contributed by atoms with E-state index in [1.54, 1.807) is 18.5 Å². The predicted molar refractivity (Wildman–Crippen MR) is 61.7 cm³/mol. The molecule has 1 rings (SSSR count). The van der Waals surface area contributed by atoms with Gasteiger partial charge in [0.15, 0.2) is 0 Å². The summed E-state index contributed by atoms with van der Waals surface area (Å²) in [6, 6.07) is 0. The van der Waals surface area contributed by atoms with Crippen LogP contribution in [-0.4, -0.2) is 16.6 Å². The molecule has 0 N–H and O–H groups in total. The molecule has 1 aromatic heterocycles. The van der Waals surface area contributed by atoms with Crippen molar-refractivity contribution in [3.8, 4) is 0 Å². The molecule has 0 fully saturated rings. The molecule has 0 aliphatic carbocycles. The Hall–Kier alpha value is -1.09. The van der Waals surface area contributed by atoms with E-state index in [2.05, 4.69) is 16.9 Å². The zero-order chi connectivity index (χ0) is 11.1. The molecule has 0 amide bonds. The Bertz CT molecular complexity index is 339. The molecule has 0 aliphatic heterocycles. The Morgan fingerprint density at radius 2 is 2.33 bits per heavy atom. The van der Waals surface area contributed by atoms with Gasteiger partial charge in [-0.1, -0.05) is 24.9 Å². The minimum Gasteiger partial charge on any atom is -0.501 e. The number of halogens is 1. The molecule has 0 bridgehead atoms. The van der Waals surface area contributed by atoms with Crippen molar-refractivity contribution in [2.24, 2.45) is 0 Å². The number of hydrogen-bond donors (Lipinski definition) is 0. The third-order valence-electron chi connectivity index (χ3n) is 1.83. The van der Waals surface area contributed by atoms with Crippen molar-refractivity contribution in [2.75, 3.05) is 6.61 Å². The number of rotatable bonds is 5. The van der Waals surface area contributed by atoms with Gasteiger partial charge in [-0.05, 0) is 19.4 Å². The summed E-state index contributed by atoms with van der Waals surface area (Å²) in [6.45, 7) is 4.68. The van der Waals surface area contributed by atoms with Crippen LogP contribution in [0.3, 0.4) is 0 Å². The highest BCUT2D eigenvalue weighted by Crippen LogP contribution is 2.13. The summed E-state index contributed by atoms with van der Waals surface area (Å²) >= 11 is 5.90. The molecule has 0 spiro atoms. The number of hydrogen-bond acceptors (Lipinski definition) is 3. The van der Waals surface area contributed by atoms with Gasteiger partial charge in [0.1, 0.15) is 5.82 Å². The van der Waals surface area contributed by atoms with Crippen LogP contribution in [0.1, 0.15) is 31.3 Å². The topological polar surface area (TPSA) is 35.0 Å². The Kier molecular flexibility index (Phi) is 5.12. The summed E-state index contributed by atoms with van der Waals surface area (Å²) < 4.78 is 5.27. The maximum absolute atomic E-state index is 5.90. The summed E-state index contributed by atoms with van der Waals surface area (Å²) in [5, 5.41) is 0.538. The lowest BCUT2D eigenvalue weighted by Crippen LogP contribution is -1.91. The molecular formula is C11H15ClN2O. The minimum atomic E-state index is 0.538. The number of ether oxygens (including phenoxy) is 1. The maximum Gasteiger partial charge on any atom is 0.125 e. The first-order valence-corrected chi connectivity index (χ1v) is 5.39. The Morgan fingerprint density at radius 1 is 1.53 bits per heavy atom. The van der Waals surface area contributed by atoms with Gasteiger partial charge >= 0.3 is 0 Å². The van der Waals surface area contributed by atoms with E-state index in [4.69, 9.17) is 16.3 Å². The second kappa shape index (κ2) is 6.40. The molecule has 0 saturated heterocycles. The third-order valence-corrected chi connectivity index (χ3v) is 2.12. The highest BCUT2D eigenvalue weighted by atomic mass is 35.5. The van der Waals surface area contributed by atoms with E-state index in [-0.39, 0.29) is 0 Å².